The highest BCUT2D eigenvalue weighted by Gasteiger charge is 2.18. The first-order valence-electron chi connectivity index (χ1n) is 11.6. The molecule has 1 heteroatoms. The predicted molar refractivity (Wildman–Crippen MR) is 144 cm³/mol. The molecule has 0 fully saturated rings. The molecule has 0 unspecified atom stereocenters. The molecule has 0 radical (unpaired) electrons. The third-order valence-electron chi connectivity index (χ3n) is 6.92. The van der Waals surface area contributed by atoms with Crippen molar-refractivity contribution in [3.05, 3.63) is 128 Å². The fourth-order valence-corrected chi connectivity index (χ4v) is 5.38. The summed E-state index contributed by atoms with van der Waals surface area (Å²) >= 11 is 0. The van der Waals surface area contributed by atoms with E-state index >= 15 is 0 Å². The Labute approximate surface area is 198 Å². The summed E-state index contributed by atoms with van der Waals surface area (Å²) in [5.74, 6) is 0. The van der Waals surface area contributed by atoms with Gasteiger partial charge in [0, 0.05) is 18.0 Å². The first kappa shape index (κ1) is 19.0. The van der Waals surface area contributed by atoms with Crippen LogP contribution in [0, 0.1) is 0 Å². The lowest BCUT2D eigenvalue weighted by Crippen LogP contribution is -1.92. The van der Waals surface area contributed by atoms with Gasteiger partial charge in [-0.05, 0) is 72.3 Å². The van der Waals surface area contributed by atoms with Crippen LogP contribution < -0.4 is 0 Å². The molecule has 0 aliphatic rings. The van der Waals surface area contributed by atoms with E-state index in [9.17, 15) is 0 Å². The van der Waals surface area contributed by atoms with Gasteiger partial charge in [-0.3, -0.25) is 4.98 Å². The molecule has 34 heavy (non-hydrogen) atoms. The van der Waals surface area contributed by atoms with Crippen LogP contribution in [0.3, 0.4) is 0 Å². The van der Waals surface area contributed by atoms with Crippen LogP contribution in [0.4, 0.5) is 0 Å². The number of nitrogens with zero attached hydrogens (tertiary/aromatic N) is 1. The van der Waals surface area contributed by atoms with Crippen LogP contribution in [0.15, 0.2) is 128 Å². The van der Waals surface area contributed by atoms with Gasteiger partial charge in [-0.15, -0.1) is 0 Å². The second-order valence-corrected chi connectivity index (χ2v) is 8.81. The molecule has 0 N–H and O–H groups in total. The average Bonchev–Trinajstić information content (AvgIpc) is 2.92. The Morgan fingerprint density at radius 1 is 0.412 bits per heavy atom. The lowest BCUT2D eigenvalue weighted by molar-refractivity contribution is 1.33. The molecule has 0 aliphatic carbocycles. The molecule has 0 aliphatic heterocycles. The Balaban J connectivity index is 1.67. The lowest BCUT2D eigenvalue weighted by atomic mass is 9.84. The van der Waals surface area contributed by atoms with Gasteiger partial charge in [0.1, 0.15) is 0 Å². The van der Waals surface area contributed by atoms with Gasteiger partial charge in [0.25, 0.3) is 0 Å². The largest absolute Gasteiger partial charge is 0.264 e. The average molecular weight is 432 g/mol. The highest BCUT2D eigenvalue weighted by atomic mass is 14.6. The maximum Gasteiger partial charge on any atom is 0.0346 e. The molecule has 0 bridgehead atoms. The molecule has 0 atom stereocenters. The van der Waals surface area contributed by atoms with Crippen LogP contribution in [-0.4, -0.2) is 4.98 Å². The van der Waals surface area contributed by atoms with Gasteiger partial charge in [-0.2, -0.15) is 0 Å². The molecule has 7 rings (SSSR count). The van der Waals surface area contributed by atoms with Crippen molar-refractivity contribution in [3.8, 4) is 33.4 Å². The van der Waals surface area contributed by atoms with E-state index in [-0.39, 0.29) is 0 Å². The molecule has 6 aromatic carbocycles. The van der Waals surface area contributed by atoms with Crippen LogP contribution >= 0.6 is 0 Å². The SMILES string of the molecule is c1ccc(-c2cc(-c3ccccc3)c3ccc4c(-c5cccnc5)ccc5ccc2c3c54)cc1. The van der Waals surface area contributed by atoms with Gasteiger partial charge >= 0.3 is 0 Å². The highest BCUT2D eigenvalue weighted by molar-refractivity contribution is 6.29. The zero-order chi connectivity index (χ0) is 22.5. The highest BCUT2D eigenvalue weighted by Crippen LogP contribution is 2.45. The lowest BCUT2D eigenvalue weighted by Gasteiger charge is -2.19. The number of benzene rings is 6. The molecule has 1 aromatic heterocycles. The van der Waals surface area contributed by atoms with Gasteiger partial charge in [-0.25, -0.2) is 0 Å². The molecule has 1 heterocycles. The minimum absolute atomic E-state index is 1.15. The van der Waals surface area contributed by atoms with E-state index in [2.05, 4.69) is 114 Å². The van der Waals surface area contributed by atoms with Crippen LogP contribution in [-0.2, 0) is 0 Å². The van der Waals surface area contributed by atoms with Crippen LogP contribution in [0.2, 0.25) is 0 Å². The summed E-state index contributed by atoms with van der Waals surface area (Å²) in [5.41, 5.74) is 7.39. The quantitative estimate of drug-likeness (QED) is 0.254. The van der Waals surface area contributed by atoms with Crippen molar-refractivity contribution in [3.63, 3.8) is 0 Å². The van der Waals surface area contributed by atoms with Crippen molar-refractivity contribution in [2.75, 3.05) is 0 Å². The third-order valence-corrected chi connectivity index (χ3v) is 6.92. The van der Waals surface area contributed by atoms with E-state index in [1.807, 2.05) is 18.5 Å². The fourth-order valence-electron chi connectivity index (χ4n) is 5.38. The molecule has 1 nitrogen and oxygen atoms in total. The van der Waals surface area contributed by atoms with Crippen LogP contribution in [0.1, 0.15) is 0 Å². The normalized spacial score (nSPS) is 11.5. The summed E-state index contributed by atoms with van der Waals surface area (Å²) < 4.78 is 0. The minimum Gasteiger partial charge on any atom is -0.264 e. The fraction of sp³-hybridized carbons (Fsp3) is 0. The van der Waals surface area contributed by atoms with Gasteiger partial charge in [-0.1, -0.05) is 103 Å². The maximum absolute atomic E-state index is 4.38. The van der Waals surface area contributed by atoms with E-state index in [0.717, 1.165) is 5.56 Å². The van der Waals surface area contributed by atoms with E-state index in [0.29, 0.717) is 0 Å². The smallest absolute Gasteiger partial charge is 0.0346 e. The van der Waals surface area contributed by atoms with E-state index in [1.165, 1.54) is 60.1 Å². The van der Waals surface area contributed by atoms with E-state index in [1.54, 1.807) is 0 Å². The molecular formula is C33H21N. The molecule has 0 saturated carbocycles. The summed E-state index contributed by atoms with van der Waals surface area (Å²) in [4.78, 5) is 4.38. The number of hydrogen-bond acceptors (Lipinski definition) is 1. The van der Waals surface area contributed by atoms with Crippen molar-refractivity contribution < 1.29 is 0 Å². The Hall–Kier alpha value is -4.49. The molecule has 158 valence electrons. The van der Waals surface area contributed by atoms with Crippen molar-refractivity contribution in [1.82, 2.24) is 4.98 Å². The molecule has 0 spiro atoms. The second-order valence-electron chi connectivity index (χ2n) is 8.81. The van der Waals surface area contributed by atoms with E-state index in [4.69, 9.17) is 0 Å². The van der Waals surface area contributed by atoms with Crippen molar-refractivity contribution in [2.45, 2.75) is 0 Å². The Morgan fingerprint density at radius 3 is 1.59 bits per heavy atom. The predicted octanol–water partition coefficient (Wildman–Crippen LogP) is 8.98. The summed E-state index contributed by atoms with van der Waals surface area (Å²) in [5, 5.41) is 7.79. The number of hydrogen-bond donors (Lipinski definition) is 0. The van der Waals surface area contributed by atoms with Crippen LogP contribution in [0.25, 0.3) is 65.7 Å². The minimum atomic E-state index is 1.15. The summed E-state index contributed by atoms with van der Waals surface area (Å²) in [6, 6.07) is 41.7. The van der Waals surface area contributed by atoms with Gasteiger partial charge < -0.3 is 0 Å². The van der Waals surface area contributed by atoms with Crippen molar-refractivity contribution >= 4 is 32.3 Å². The summed E-state index contributed by atoms with van der Waals surface area (Å²) in [6.45, 7) is 0. The monoisotopic (exact) mass is 431 g/mol. The number of pyridine rings is 1. The zero-order valence-electron chi connectivity index (χ0n) is 18.6. The molecule has 0 amide bonds. The van der Waals surface area contributed by atoms with Gasteiger partial charge in [0.15, 0.2) is 0 Å². The standard InChI is InChI=1S/C33H21N/c1-3-8-22(9-4-1)30-20-31(23-10-5-2-6-11-23)29-18-17-27-26(25-12-7-19-34-21-25)15-13-24-14-16-28(30)33(29)32(24)27/h1-21H. The Bertz CT molecular complexity index is 1710. The maximum atomic E-state index is 4.38. The molecule has 7 aromatic rings. The van der Waals surface area contributed by atoms with Crippen LogP contribution in [0.5, 0.6) is 0 Å². The Kier molecular flexibility index (Phi) is 4.22. The Morgan fingerprint density at radius 2 is 0.971 bits per heavy atom. The summed E-state index contributed by atoms with van der Waals surface area (Å²) in [6.07, 6.45) is 3.79. The number of rotatable bonds is 3. The topological polar surface area (TPSA) is 12.9 Å². The number of aromatic nitrogens is 1. The molecule has 0 saturated heterocycles. The third kappa shape index (κ3) is 2.84. The van der Waals surface area contributed by atoms with E-state index < -0.39 is 0 Å². The summed E-state index contributed by atoms with van der Waals surface area (Å²) in [7, 11) is 0. The first-order chi connectivity index (χ1) is 16.9. The molecular weight excluding hydrogens is 410 g/mol. The van der Waals surface area contributed by atoms with Gasteiger partial charge in [0.2, 0.25) is 0 Å². The second kappa shape index (κ2) is 7.54. The zero-order valence-corrected chi connectivity index (χ0v) is 18.6. The van der Waals surface area contributed by atoms with Gasteiger partial charge in [0.05, 0.1) is 0 Å². The van der Waals surface area contributed by atoms with Crippen molar-refractivity contribution in [2.24, 2.45) is 0 Å². The first-order valence-corrected chi connectivity index (χ1v) is 11.6. The van der Waals surface area contributed by atoms with Crippen molar-refractivity contribution in [1.29, 1.82) is 0 Å².